The molecule has 0 atom stereocenters. The quantitative estimate of drug-likeness (QED) is 0.350. The average Bonchev–Trinajstić information content (AvgIpc) is 2.72. The Kier molecular flexibility index (Phi) is 10.7. The van der Waals surface area contributed by atoms with Crippen LogP contribution in [0.5, 0.6) is 5.75 Å². The highest BCUT2D eigenvalue weighted by molar-refractivity contribution is 5.79. The molecule has 152 valence electrons. The molecule has 0 spiro atoms. The molecule has 2 N–H and O–H groups in total. The molecule has 27 heavy (non-hydrogen) atoms. The van der Waals surface area contributed by atoms with Gasteiger partial charge in [-0.3, -0.25) is 4.99 Å². The molecule has 1 aromatic carbocycles. The number of benzene rings is 1. The van der Waals surface area contributed by atoms with E-state index in [9.17, 15) is 0 Å². The number of guanidine groups is 1. The molecule has 0 aliphatic heterocycles. The fourth-order valence-electron chi connectivity index (χ4n) is 3.54. The maximum atomic E-state index is 5.98. The molecule has 0 saturated heterocycles. The highest BCUT2D eigenvalue weighted by Crippen LogP contribution is 2.20. The Labute approximate surface area is 164 Å². The highest BCUT2D eigenvalue weighted by atomic mass is 16.5. The van der Waals surface area contributed by atoms with E-state index >= 15 is 0 Å². The average molecular weight is 376 g/mol. The van der Waals surface area contributed by atoms with Gasteiger partial charge in [0.05, 0.1) is 13.2 Å². The van der Waals surface area contributed by atoms with Gasteiger partial charge in [-0.25, -0.2) is 0 Å². The molecule has 1 aromatic rings. The van der Waals surface area contributed by atoms with Crippen molar-refractivity contribution in [3.05, 3.63) is 29.8 Å². The van der Waals surface area contributed by atoms with E-state index in [2.05, 4.69) is 21.7 Å². The van der Waals surface area contributed by atoms with Crippen LogP contribution in [0.1, 0.15) is 56.9 Å². The highest BCUT2D eigenvalue weighted by Gasteiger charge is 2.12. The van der Waals surface area contributed by atoms with Crippen molar-refractivity contribution in [3.63, 3.8) is 0 Å². The van der Waals surface area contributed by atoms with Crippen LogP contribution >= 0.6 is 0 Å². The number of hydrogen-bond donors (Lipinski definition) is 2. The molecule has 1 aliphatic carbocycles. The van der Waals surface area contributed by atoms with E-state index in [1.807, 2.05) is 25.2 Å². The lowest BCUT2D eigenvalue weighted by atomic mass is 9.98. The topological polar surface area (TPSA) is 54.9 Å². The zero-order valence-corrected chi connectivity index (χ0v) is 17.1. The number of aliphatic imine (C=N–C) groups is 1. The smallest absolute Gasteiger partial charge is 0.190 e. The summed E-state index contributed by atoms with van der Waals surface area (Å²) in [5.41, 5.74) is 1.21. The molecule has 1 aliphatic rings. The summed E-state index contributed by atoms with van der Waals surface area (Å²) >= 11 is 0. The van der Waals surface area contributed by atoms with Gasteiger partial charge in [-0.1, -0.05) is 37.5 Å². The van der Waals surface area contributed by atoms with Gasteiger partial charge in [0.15, 0.2) is 5.96 Å². The van der Waals surface area contributed by atoms with Crippen LogP contribution in [0.25, 0.3) is 0 Å². The molecular formula is C22H37N3O2. The van der Waals surface area contributed by atoms with Crippen molar-refractivity contribution in [2.24, 2.45) is 4.99 Å². The summed E-state index contributed by atoms with van der Waals surface area (Å²) in [6, 6.07) is 8.14. The standard InChI is InChI=1S/C22H37N3O2/c1-23-22(25-17-15-19-11-7-8-14-21(19)26-2)24-16-9-4-10-18-27-20-12-5-3-6-13-20/h7-8,11,14,20H,3-6,9-10,12-13,15-18H2,1-2H3,(H2,23,24,25). The van der Waals surface area contributed by atoms with Gasteiger partial charge in [-0.2, -0.15) is 0 Å². The number of ether oxygens (including phenoxy) is 2. The maximum absolute atomic E-state index is 5.98. The van der Waals surface area contributed by atoms with Crippen LogP contribution in [0.4, 0.5) is 0 Å². The molecule has 0 amide bonds. The fraction of sp³-hybridized carbons (Fsp3) is 0.682. The van der Waals surface area contributed by atoms with Gasteiger partial charge in [-0.15, -0.1) is 0 Å². The van der Waals surface area contributed by atoms with Gasteiger partial charge < -0.3 is 20.1 Å². The Morgan fingerprint density at radius 2 is 1.81 bits per heavy atom. The van der Waals surface area contributed by atoms with Crippen LogP contribution in [0.3, 0.4) is 0 Å². The van der Waals surface area contributed by atoms with Crippen molar-refractivity contribution in [1.29, 1.82) is 0 Å². The number of hydrogen-bond acceptors (Lipinski definition) is 3. The zero-order valence-electron chi connectivity index (χ0n) is 17.1. The molecular weight excluding hydrogens is 338 g/mol. The van der Waals surface area contributed by atoms with E-state index in [-0.39, 0.29) is 0 Å². The van der Waals surface area contributed by atoms with E-state index < -0.39 is 0 Å². The van der Waals surface area contributed by atoms with Crippen molar-refractivity contribution in [2.75, 3.05) is 33.9 Å². The molecule has 5 heteroatoms. The lowest BCUT2D eigenvalue weighted by Gasteiger charge is -2.21. The SMILES string of the molecule is CN=C(NCCCCCOC1CCCCC1)NCCc1ccccc1OC. The second-order valence-electron chi connectivity index (χ2n) is 7.18. The van der Waals surface area contributed by atoms with Crippen LogP contribution < -0.4 is 15.4 Å². The molecule has 1 saturated carbocycles. The van der Waals surface area contributed by atoms with Crippen molar-refractivity contribution in [3.8, 4) is 5.75 Å². The van der Waals surface area contributed by atoms with Crippen molar-refractivity contribution in [1.82, 2.24) is 10.6 Å². The molecule has 5 nitrogen and oxygen atoms in total. The summed E-state index contributed by atoms with van der Waals surface area (Å²) in [5, 5.41) is 6.76. The van der Waals surface area contributed by atoms with E-state index in [0.29, 0.717) is 6.10 Å². The number of para-hydroxylation sites is 1. The number of unbranched alkanes of at least 4 members (excludes halogenated alkanes) is 2. The van der Waals surface area contributed by atoms with Crippen LogP contribution in [0.2, 0.25) is 0 Å². The second-order valence-corrected chi connectivity index (χ2v) is 7.18. The number of methoxy groups -OCH3 is 1. The van der Waals surface area contributed by atoms with Crippen molar-refractivity contribution in [2.45, 2.75) is 63.9 Å². The normalized spacial score (nSPS) is 15.6. The first kappa shape index (κ1) is 21.5. The lowest BCUT2D eigenvalue weighted by molar-refractivity contribution is 0.0264. The third-order valence-corrected chi connectivity index (χ3v) is 5.12. The second kappa shape index (κ2) is 13.4. The number of nitrogens with zero attached hydrogens (tertiary/aromatic N) is 1. The molecule has 2 rings (SSSR count). The van der Waals surface area contributed by atoms with Crippen LogP contribution in [-0.2, 0) is 11.2 Å². The minimum atomic E-state index is 0.531. The number of nitrogens with one attached hydrogen (secondary N) is 2. The molecule has 0 aromatic heterocycles. The summed E-state index contributed by atoms with van der Waals surface area (Å²) in [6.45, 7) is 2.68. The molecule has 0 bridgehead atoms. The summed E-state index contributed by atoms with van der Waals surface area (Å²) < 4.78 is 11.4. The molecule has 1 fully saturated rings. The maximum Gasteiger partial charge on any atom is 0.190 e. The summed E-state index contributed by atoms with van der Waals surface area (Å²) in [6.07, 6.45) is 11.5. The predicted octanol–water partition coefficient (Wildman–Crippen LogP) is 3.92. The third-order valence-electron chi connectivity index (χ3n) is 5.12. The number of rotatable bonds is 11. The Morgan fingerprint density at radius 3 is 2.59 bits per heavy atom. The third kappa shape index (κ3) is 8.65. The largest absolute Gasteiger partial charge is 0.496 e. The Bertz CT molecular complexity index is 542. The molecule has 0 unspecified atom stereocenters. The fourth-order valence-corrected chi connectivity index (χ4v) is 3.54. The van der Waals surface area contributed by atoms with Crippen molar-refractivity contribution < 1.29 is 9.47 Å². The first-order chi connectivity index (χ1) is 13.3. The van der Waals surface area contributed by atoms with Gasteiger partial charge in [0.1, 0.15) is 5.75 Å². The lowest BCUT2D eigenvalue weighted by Crippen LogP contribution is -2.38. The monoisotopic (exact) mass is 375 g/mol. The summed E-state index contributed by atoms with van der Waals surface area (Å²) in [7, 11) is 3.53. The van der Waals surface area contributed by atoms with E-state index in [4.69, 9.17) is 9.47 Å². The Hall–Kier alpha value is -1.75. The van der Waals surface area contributed by atoms with Gasteiger partial charge in [-0.05, 0) is 50.2 Å². The predicted molar refractivity (Wildman–Crippen MR) is 113 cm³/mol. The van der Waals surface area contributed by atoms with E-state index in [1.165, 1.54) is 44.1 Å². The zero-order chi connectivity index (χ0) is 19.2. The van der Waals surface area contributed by atoms with Crippen LogP contribution in [0.15, 0.2) is 29.3 Å². The van der Waals surface area contributed by atoms with Gasteiger partial charge >= 0.3 is 0 Å². The summed E-state index contributed by atoms with van der Waals surface area (Å²) in [4.78, 5) is 4.30. The first-order valence-electron chi connectivity index (χ1n) is 10.5. The van der Waals surface area contributed by atoms with Gasteiger partial charge in [0, 0.05) is 26.7 Å². The van der Waals surface area contributed by atoms with Crippen LogP contribution in [-0.4, -0.2) is 45.9 Å². The Morgan fingerprint density at radius 1 is 1.04 bits per heavy atom. The van der Waals surface area contributed by atoms with E-state index in [1.54, 1.807) is 7.11 Å². The van der Waals surface area contributed by atoms with Crippen molar-refractivity contribution >= 4 is 5.96 Å². The minimum Gasteiger partial charge on any atom is -0.496 e. The van der Waals surface area contributed by atoms with E-state index in [0.717, 1.165) is 50.7 Å². The van der Waals surface area contributed by atoms with Gasteiger partial charge in [0.25, 0.3) is 0 Å². The Balaban J connectivity index is 1.50. The first-order valence-corrected chi connectivity index (χ1v) is 10.5. The summed E-state index contributed by atoms with van der Waals surface area (Å²) in [5.74, 6) is 1.81. The molecule has 0 heterocycles. The minimum absolute atomic E-state index is 0.531. The molecule has 0 radical (unpaired) electrons. The van der Waals surface area contributed by atoms with Crippen LogP contribution in [0, 0.1) is 0 Å². The van der Waals surface area contributed by atoms with Gasteiger partial charge in [0.2, 0.25) is 0 Å².